The van der Waals surface area contributed by atoms with Crippen LogP contribution in [0.1, 0.15) is 52.9 Å². The van der Waals surface area contributed by atoms with E-state index >= 15 is 0 Å². The Bertz CT molecular complexity index is 343. The van der Waals surface area contributed by atoms with Crippen LogP contribution in [0.3, 0.4) is 0 Å². The molecular weight excluding hydrogens is 230 g/mol. The minimum atomic E-state index is -0.498. The maximum Gasteiger partial charge on any atom is 0.410 e. The lowest BCUT2D eigenvalue weighted by Gasteiger charge is -2.42. The highest BCUT2D eigenvalue weighted by Gasteiger charge is 2.42. The first-order valence-electron chi connectivity index (χ1n) is 6.91. The van der Waals surface area contributed by atoms with Gasteiger partial charge in [-0.25, -0.2) is 4.79 Å². The molecule has 18 heavy (non-hydrogen) atoms. The molecule has 1 aliphatic carbocycles. The molecule has 0 N–H and O–H groups in total. The minimum Gasteiger partial charge on any atom is -0.444 e. The summed E-state index contributed by atoms with van der Waals surface area (Å²) in [4.78, 5) is 25.9. The van der Waals surface area contributed by atoms with Gasteiger partial charge < -0.3 is 4.74 Å². The van der Waals surface area contributed by atoms with Crippen molar-refractivity contribution in [1.29, 1.82) is 0 Å². The molecule has 1 saturated heterocycles. The first-order chi connectivity index (χ1) is 8.38. The van der Waals surface area contributed by atoms with E-state index in [1.54, 1.807) is 4.90 Å². The standard InChI is InChI=1S/C14H23NO3/c1-14(2,3)18-13(17)15-9-5-7-10-6-4-8-11(16)12(10)15/h10,12H,4-9H2,1-3H3/t10-,12+/m0/s1. The number of nitrogens with zero attached hydrogens (tertiary/aromatic N) is 1. The van der Waals surface area contributed by atoms with Crippen LogP contribution < -0.4 is 0 Å². The van der Waals surface area contributed by atoms with E-state index in [9.17, 15) is 9.59 Å². The van der Waals surface area contributed by atoms with E-state index in [1.807, 2.05) is 20.8 Å². The molecule has 0 aromatic carbocycles. The van der Waals surface area contributed by atoms with Crippen molar-refractivity contribution in [3.05, 3.63) is 0 Å². The summed E-state index contributed by atoms with van der Waals surface area (Å²) in [6.07, 6.45) is 4.37. The summed E-state index contributed by atoms with van der Waals surface area (Å²) in [6, 6.07) is -0.220. The summed E-state index contributed by atoms with van der Waals surface area (Å²) < 4.78 is 5.41. The Morgan fingerprint density at radius 3 is 2.61 bits per heavy atom. The molecule has 0 spiro atoms. The van der Waals surface area contributed by atoms with Gasteiger partial charge in [-0.05, 0) is 52.4 Å². The average molecular weight is 253 g/mol. The summed E-state index contributed by atoms with van der Waals surface area (Å²) in [5.41, 5.74) is -0.498. The van der Waals surface area contributed by atoms with Crippen molar-refractivity contribution in [2.75, 3.05) is 6.54 Å². The van der Waals surface area contributed by atoms with E-state index in [2.05, 4.69) is 0 Å². The number of fused-ring (bicyclic) bond motifs is 1. The highest BCUT2D eigenvalue weighted by Crippen LogP contribution is 2.34. The number of piperidine rings is 1. The number of Topliss-reactive ketones (excluding diaryl/α,β-unsaturated/α-hetero) is 1. The van der Waals surface area contributed by atoms with Gasteiger partial charge in [0.25, 0.3) is 0 Å². The van der Waals surface area contributed by atoms with E-state index in [1.165, 1.54) is 0 Å². The number of rotatable bonds is 0. The van der Waals surface area contributed by atoms with Crippen molar-refractivity contribution in [2.45, 2.75) is 64.5 Å². The number of hydrogen-bond donors (Lipinski definition) is 0. The fraction of sp³-hybridized carbons (Fsp3) is 0.857. The predicted molar refractivity (Wildman–Crippen MR) is 68.3 cm³/mol. The van der Waals surface area contributed by atoms with Gasteiger partial charge in [0.15, 0.2) is 5.78 Å². The van der Waals surface area contributed by atoms with E-state index in [0.29, 0.717) is 18.9 Å². The third-order valence-corrected chi connectivity index (χ3v) is 3.71. The first-order valence-corrected chi connectivity index (χ1v) is 6.91. The van der Waals surface area contributed by atoms with Gasteiger partial charge in [-0.1, -0.05) is 0 Å². The molecule has 0 aromatic heterocycles. The maximum atomic E-state index is 12.2. The molecule has 2 atom stereocenters. The molecule has 2 rings (SSSR count). The fourth-order valence-electron chi connectivity index (χ4n) is 3.03. The maximum absolute atomic E-state index is 12.2. The molecule has 0 radical (unpaired) electrons. The normalized spacial score (nSPS) is 28.8. The van der Waals surface area contributed by atoms with E-state index in [-0.39, 0.29) is 17.9 Å². The monoisotopic (exact) mass is 253 g/mol. The predicted octanol–water partition coefficient (Wildman–Crippen LogP) is 2.76. The molecule has 2 aliphatic rings. The number of carbonyl (C=O) groups excluding carboxylic acids is 2. The lowest BCUT2D eigenvalue weighted by molar-refractivity contribution is -0.130. The molecule has 4 heteroatoms. The molecule has 1 heterocycles. The summed E-state index contributed by atoms with van der Waals surface area (Å²) in [5, 5.41) is 0. The number of carbonyl (C=O) groups is 2. The molecule has 1 aliphatic heterocycles. The molecular formula is C14H23NO3. The Kier molecular flexibility index (Phi) is 3.64. The lowest BCUT2D eigenvalue weighted by atomic mass is 9.78. The topological polar surface area (TPSA) is 46.6 Å². The Balaban J connectivity index is 2.10. The van der Waals surface area contributed by atoms with Crippen molar-refractivity contribution in [3.63, 3.8) is 0 Å². The van der Waals surface area contributed by atoms with E-state index in [4.69, 9.17) is 4.74 Å². The van der Waals surface area contributed by atoms with Crippen LogP contribution in [0.5, 0.6) is 0 Å². The molecule has 4 nitrogen and oxygen atoms in total. The smallest absolute Gasteiger partial charge is 0.410 e. The summed E-state index contributed by atoms with van der Waals surface area (Å²) in [6.45, 7) is 6.22. The fourth-order valence-corrected chi connectivity index (χ4v) is 3.03. The van der Waals surface area contributed by atoms with Gasteiger partial charge in [-0.3, -0.25) is 9.69 Å². The summed E-state index contributed by atoms with van der Waals surface area (Å²) in [5.74, 6) is 0.573. The second-order valence-corrected chi connectivity index (χ2v) is 6.38. The highest BCUT2D eigenvalue weighted by molar-refractivity contribution is 5.88. The summed E-state index contributed by atoms with van der Waals surface area (Å²) in [7, 11) is 0. The minimum absolute atomic E-state index is 0.219. The zero-order valence-electron chi connectivity index (χ0n) is 11.6. The number of ketones is 1. The van der Waals surface area contributed by atoms with Gasteiger partial charge in [-0.2, -0.15) is 0 Å². The van der Waals surface area contributed by atoms with Crippen molar-refractivity contribution in [1.82, 2.24) is 4.90 Å². The Morgan fingerprint density at radius 1 is 1.28 bits per heavy atom. The van der Waals surface area contributed by atoms with Gasteiger partial charge in [0.1, 0.15) is 5.60 Å². The van der Waals surface area contributed by atoms with Gasteiger partial charge in [0, 0.05) is 13.0 Å². The third-order valence-electron chi connectivity index (χ3n) is 3.71. The number of hydrogen-bond acceptors (Lipinski definition) is 3. The SMILES string of the molecule is CC(C)(C)OC(=O)N1CCC[C@@H]2CCCC(=O)[C@@H]21. The van der Waals surface area contributed by atoms with Crippen LogP contribution in [0.4, 0.5) is 4.79 Å². The largest absolute Gasteiger partial charge is 0.444 e. The first kappa shape index (κ1) is 13.4. The third kappa shape index (κ3) is 2.85. The zero-order chi connectivity index (χ0) is 13.3. The quantitative estimate of drug-likeness (QED) is 0.667. The second-order valence-electron chi connectivity index (χ2n) is 6.38. The van der Waals surface area contributed by atoms with E-state index in [0.717, 1.165) is 25.7 Å². The van der Waals surface area contributed by atoms with Crippen molar-refractivity contribution >= 4 is 11.9 Å². The zero-order valence-corrected chi connectivity index (χ0v) is 11.6. The van der Waals surface area contributed by atoms with E-state index < -0.39 is 5.60 Å². The Labute approximate surface area is 109 Å². The number of likely N-dealkylation sites (tertiary alicyclic amines) is 1. The van der Waals surface area contributed by atoms with Gasteiger partial charge in [0.05, 0.1) is 6.04 Å². The van der Waals surface area contributed by atoms with Crippen LogP contribution in [-0.4, -0.2) is 35.0 Å². The number of ether oxygens (including phenoxy) is 1. The lowest BCUT2D eigenvalue weighted by Crippen LogP contribution is -2.55. The molecule has 102 valence electrons. The van der Waals surface area contributed by atoms with Crippen LogP contribution in [0, 0.1) is 5.92 Å². The van der Waals surface area contributed by atoms with Crippen molar-refractivity contribution < 1.29 is 14.3 Å². The van der Waals surface area contributed by atoms with Crippen molar-refractivity contribution in [3.8, 4) is 0 Å². The Hall–Kier alpha value is -1.06. The van der Waals surface area contributed by atoms with Crippen LogP contribution >= 0.6 is 0 Å². The number of amides is 1. The van der Waals surface area contributed by atoms with Gasteiger partial charge in [-0.15, -0.1) is 0 Å². The van der Waals surface area contributed by atoms with Crippen LogP contribution in [0.15, 0.2) is 0 Å². The second kappa shape index (κ2) is 4.90. The summed E-state index contributed by atoms with van der Waals surface area (Å²) >= 11 is 0. The molecule has 1 saturated carbocycles. The van der Waals surface area contributed by atoms with Gasteiger partial charge in [0.2, 0.25) is 0 Å². The molecule has 0 aromatic rings. The molecule has 0 bridgehead atoms. The highest BCUT2D eigenvalue weighted by atomic mass is 16.6. The van der Waals surface area contributed by atoms with Crippen molar-refractivity contribution in [2.24, 2.45) is 5.92 Å². The van der Waals surface area contributed by atoms with Crippen LogP contribution in [-0.2, 0) is 9.53 Å². The Morgan fingerprint density at radius 2 is 1.94 bits per heavy atom. The molecule has 1 amide bonds. The van der Waals surface area contributed by atoms with Crippen LogP contribution in [0.2, 0.25) is 0 Å². The molecule has 0 unspecified atom stereocenters. The van der Waals surface area contributed by atoms with Gasteiger partial charge >= 0.3 is 6.09 Å². The molecule has 2 fully saturated rings. The van der Waals surface area contributed by atoms with Crippen LogP contribution in [0.25, 0.3) is 0 Å². The average Bonchev–Trinajstić information content (AvgIpc) is 2.26.